The van der Waals surface area contributed by atoms with E-state index in [1.54, 1.807) is 13.8 Å². The van der Waals surface area contributed by atoms with E-state index in [1.807, 2.05) is 0 Å². The highest BCUT2D eigenvalue weighted by Crippen LogP contribution is 2.20. The molecular weight excluding hydrogens is 306 g/mol. The van der Waals surface area contributed by atoms with Gasteiger partial charge in [-0.1, -0.05) is 30.7 Å². The van der Waals surface area contributed by atoms with Crippen molar-refractivity contribution in [2.75, 3.05) is 13.1 Å². The Morgan fingerprint density at radius 1 is 1.45 bits per heavy atom. The highest BCUT2D eigenvalue weighted by Gasteiger charge is 2.22. The van der Waals surface area contributed by atoms with Gasteiger partial charge in [0.05, 0.1) is 15.6 Å². The van der Waals surface area contributed by atoms with Gasteiger partial charge in [-0.25, -0.2) is 8.78 Å². The van der Waals surface area contributed by atoms with Crippen LogP contribution in [-0.4, -0.2) is 28.9 Å². The Hall–Kier alpha value is -1.27. The normalized spacial score (nSPS) is 12.1. The highest BCUT2D eigenvalue weighted by molar-refractivity contribution is 7.80. The van der Waals surface area contributed by atoms with Crippen molar-refractivity contribution >= 4 is 34.7 Å². The molecule has 0 aliphatic carbocycles. The van der Waals surface area contributed by atoms with Gasteiger partial charge in [0.2, 0.25) is 0 Å². The van der Waals surface area contributed by atoms with E-state index >= 15 is 0 Å². The Bertz CT molecular complexity index is 539. The maximum atomic E-state index is 13.7. The van der Waals surface area contributed by atoms with Gasteiger partial charge >= 0.3 is 0 Å². The smallest absolute Gasteiger partial charge is 0.256 e. The van der Waals surface area contributed by atoms with Crippen molar-refractivity contribution in [1.29, 1.82) is 0 Å². The molecule has 3 nitrogen and oxygen atoms in total. The fourth-order valence-electron chi connectivity index (χ4n) is 1.63. The SMILES string of the molecule is CCN(CC(C)C(N)=S)C(=O)c1cc(F)c(Cl)cc1F. The van der Waals surface area contributed by atoms with Crippen LogP contribution in [0.4, 0.5) is 8.78 Å². The first-order valence-electron chi connectivity index (χ1n) is 6.01. The lowest BCUT2D eigenvalue weighted by molar-refractivity contribution is 0.0749. The molecule has 0 radical (unpaired) electrons. The first kappa shape index (κ1) is 16.8. The zero-order valence-electron chi connectivity index (χ0n) is 11.1. The molecule has 7 heteroatoms. The lowest BCUT2D eigenvalue weighted by Gasteiger charge is -2.24. The predicted octanol–water partition coefficient (Wildman–Crippen LogP) is 3.00. The average molecular weight is 321 g/mol. The van der Waals surface area contributed by atoms with Gasteiger partial charge in [0.15, 0.2) is 0 Å². The number of nitrogens with zero attached hydrogens (tertiary/aromatic N) is 1. The molecule has 0 aliphatic rings. The van der Waals surface area contributed by atoms with Gasteiger partial charge in [0.25, 0.3) is 5.91 Å². The molecule has 1 aromatic rings. The van der Waals surface area contributed by atoms with Crippen LogP contribution in [0.3, 0.4) is 0 Å². The van der Waals surface area contributed by atoms with Crippen molar-refractivity contribution in [3.63, 3.8) is 0 Å². The van der Waals surface area contributed by atoms with Gasteiger partial charge in [-0.15, -0.1) is 0 Å². The van der Waals surface area contributed by atoms with Crippen molar-refractivity contribution < 1.29 is 13.6 Å². The number of carbonyl (C=O) groups is 1. The Labute approximate surface area is 126 Å². The fourth-order valence-corrected chi connectivity index (χ4v) is 1.86. The topological polar surface area (TPSA) is 46.3 Å². The van der Waals surface area contributed by atoms with E-state index in [1.165, 1.54) is 4.90 Å². The van der Waals surface area contributed by atoms with Crippen LogP contribution in [0, 0.1) is 17.6 Å². The maximum absolute atomic E-state index is 13.7. The van der Waals surface area contributed by atoms with Crippen molar-refractivity contribution in [3.8, 4) is 0 Å². The zero-order chi connectivity index (χ0) is 15.4. The number of hydrogen-bond donors (Lipinski definition) is 1. The third-order valence-corrected chi connectivity index (χ3v) is 3.58. The number of halogens is 3. The molecule has 0 aliphatic heterocycles. The van der Waals surface area contributed by atoms with E-state index in [2.05, 4.69) is 0 Å². The third-order valence-electron chi connectivity index (χ3n) is 2.89. The predicted molar refractivity (Wildman–Crippen MR) is 78.9 cm³/mol. The van der Waals surface area contributed by atoms with Gasteiger partial charge in [-0.2, -0.15) is 0 Å². The number of nitrogens with two attached hydrogens (primary N) is 1. The molecule has 0 bridgehead atoms. The molecule has 1 amide bonds. The Balaban J connectivity index is 3.03. The van der Waals surface area contributed by atoms with E-state index in [0.29, 0.717) is 6.54 Å². The van der Waals surface area contributed by atoms with Gasteiger partial charge in [-0.05, 0) is 19.1 Å². The molecule has 0 heterocycles. The molecule has 1 unspecified atom stereocenters. The molecule has 1 atom stereocenters. The van der Waals surface area contributed by atoms with E-state index in [9.17, 15) is 13.6 Å². The minimum atomic E-state index is -0.858. The van der Waals surface area contributed by atoms with Crippen molar-refractivity contribution in [2.45, 2.75) is 13.8 Å². The third kappa shape index (κ3) is 3.86. The number of amides is 1. The van der Waals surface area contributed by atoms with Gasteiger partial charge in [0, 0.05) is 19.0 Å². The summed E-state index contributed by atoms with van der Waals surface area (Å²) in [6.45, 7) is 4.06. The Kier molecular flexibility index (Phi) is 5.83. The van der Waals surface area contributed by atoms with Crippen LogP contribution in [0.15, 0.2) is 12.1 Å². The van der Waals surface area contributed by atoms with E-state index in [-0.39, 0.29) is 28.0 Å². The molecule has 2 N–H and O–H groups in total. The van der Waals surface area contributed by atoms with Crippen LogP contribution in [0.1, 0.15) is 24.2 Å². The van der Waals surface area contributed by atoms with Crippen LogP contribution in [-0.2, 0) is 0 Å². The number of hydrogen-bond acceptors (Lipinski definition) is 2. The lowest BCUT2D eigenvalue weighted by Crippen LogP contribution is -2.38. The number of benzene rings is 1. The van der Waals surface area contributed by atoms with E-state index in [4.69, 9.17) is 29.6 Å². The molecule has 110 valence electrons. The number of thiocarbonyl (C=S) groups is 1. The largest absolute Gasteiger partial charge is 0.393 e. The van der Waals surface area contributed by atoms with Gasteiger partial charge in [-0.3, -0.25) is 4.79 Å². The second-order valence-electron chi connectivity index (χ2n) is 4.39. The summed E-state index contributed by atoms with van der Waals surface area (Å²) in [5.41, 5.74) is 5.14. The summed E-state index contributed by atoms with van der Waals surface area (Å²) in [6.07, 6.45) is 0. The molecule has 0 saturated carbocycles. The van der Waals surface area contributed by atoms with Crippen LogP contribution < -0.4 is 5.73 Å². The molecule has 0 fully saturated rings. The lowest BCUT2D eigenvalue weighted by atomic mass is 10.1. The minimum Gasteiger partial charge on any atom is -0.393 e. The zero-order valence-corrected chi connectivity index (χ0v) is 12.7. The highest BCUT2D eigenvalue weighted by atomic mass is 35.5. The van der Waals surface area contributed by atoms with Gasteiger partial charge in [0.1, 0.15) is 11.6 Å². The molecule has 20 heavy (non-hydrogen) atoms. The summed E-state index contributed by atoms with van der Waals surface area (Å²) in [4.78, 5) is 13.8. The maximum Gasteiger partial charge on any atom is 0.256 e. The first-order chi connectivity index (χ1) is 9.27. The average Bonchev–Trinajstić information content (AvgIpc) is 2.38. The first-order valence-corrected chi connectivity index (χ1v) is 6.79. The summed E-state index contributed by atoms with van der Waals surface area (Å²) in [5.74, 6) is -2.53. The van der Waals surface area contributed by atoms with Crippen molar-refractivity contribution in [1.82, 2.24) is 4.90 Å². The molecule has 0 saturated heterocycles. The van der Waals surface area contributed by atoms with Gasteiger partial charge < -0.3 is 10.6 Å². The van der Waals surface area contributed by atoms with Crippen LogP contribution in [0.2, 0.25) is 5.02 Å². The summed E-state index contributed by atoms with van der Waals surface area (Å²) in [5, 5.41) is -0.362. The summed E-state index contributed by atoms with van der Waals surface area (Å²) >= 11 is 10.3. The number of carbonyl (C=O) groups excluding carboxylic acids is 1. The molecule has 0 aromatic heterocycles. The standard InChI is InChI=1S/C13H15ClF2N2OS/c1-3-18(6-7(2)12(17)20)13(19)8-4-11(16)9(14)5-10(8)15/h4-5,7H,3,6H2,1-2H3,(H2,17,20). The van der Waals surface area contributed by atoms with Crippen LogP contribution in [0.25, 0.3) is 0 Å². The Morgan fingerprint density at radius 2 is 2.05 bits per heavy atom. The summed E-state index contributed by atoms with van der Waals surface area (Å²) in [6, 6.07) is 1.59. The second kappa shape index (κ2) is 6.95. The molecular formula is C13H15ClF2N2OS. The monoisotopic (exact) mass is 320 g/mol. The minimum absolute atomic E-state index is 0.214. The molecule has 1 rings (SSSR count). The Morgan fingerprint density at radius 3 is 2.55 bits per heavy atom. The van der Waals surface area contributed by atoms with E-state index in [0.717, 1.165) is 12.1 Å². The quantitative estimate of drug-likeness (QED) is 0.670. The summed E-state index contributed by atoms with van der Waals surface area (Å²) in [7, 11) is 0. The van der Waals surface area contributed by atoms with Crippen LogP contribution in [0.5, 0.6) is 0 Å². The second-order valence-corrected chi connectivity index (χ2v) is 5.27. The van der Waals surface area contributed by atoms with Crippen molar-refractivity contribution in [3.05, 3.63) is 34.4 Å². The van der Waals surface area contributed by atoms with Crippen molar-refractivity contribution in [2.24, 2.45) is 11.7 Å². The fraction of sp³-hybridized carbons (Fsp3) is 0.385. The molecule has 1 aromatic carbocycles. The number of rotatable bonds is 5. The summed E-state index contributed by atoms with van der Waals surface area (Å²) < 4.78 is 27.1. The van der Waals surface area contributed by atoms with E-state index < -0.39 is 17.5 Å². The van der Waals surface area contributed by atoms with Crippen LogP contribution >= 0.6 is 23.8 Å². The molecule has 0 spiro atoms.